The molecule has 37 heavy (non-hydrogen) atoms. The fraction of sp³-hybridized carbons (Fsp3) is 0.200. The molecule has 1 saturated carbocycles. The van der Waals surface area contributed by atoms with Crippen molar-refractivity contribution in [2.45, 2.75) is 31.9 Å². The van der Waals surface area contributed by atoms with Gasteiger partial charge in [0.05, 0.1) is 16.8 Å². The number of benzene rings is 2. The summed E-state index contributed by atoms with van der Waals surface area (Å²) >= 11 is 0. The number of fused-ring (bicyclic) bond motifs is 1. The third-order valence-corrected chi connectivity index (χ3v) is 6.01. The van der Waals surface area contributed by atoms with Crippen LogP contribution in [0, 0.1) is 22.9 Å². The van der Waals surface area contributed by atoms with Gasteiger partial charge in [-0.2, -0.15) is 17.6 Å². The molecular weight excluding hydrogens is 496 g/mol. The molecular formula is C25H18F4N4O4. The summed E-state index contributed by atoms with van der Waals surface area (Å²) in [5.74, 6) is -2.06. The van der Waals surface area contributed by atoms with E-state index in [1.54, 1.807) is 6.92 Å². The van der Waals surface area contributed by atoms with Crippen molar-refractivity contribution >= 4 is 23.1 Å². The van der Waals surface area contributed by atoms with Gasteiger partial charge in [0.25, 0.3) is 5.91 Å². The van der Waals surface area contributed by atoms with Crippen LogP contribution in [0.3, 0.4) is 0 Å². The number of nitro groups is 1. The number of alkyl halides is 3. The number of nitrogens with one attached hydrogen (secondary N) is 1. The van der Waals surface area contributed by atoms with Crippen LogP contribution >= 0.6 is 0 Å². The van der Waals surface area contributed by atoms with E-state index in [1.165, 1.54) is 36.5 Å². The van der Waals surface area contributed by atoms with E-state index >= 15 is 0 Å². The Morgan fingerprint density at radius 3 is 2.57 bits per heavy atom. The SMILES string of the molecule is Cc1cc(F)ccc1Oc1cc(C2CC2)c(C(F)(F)F)cc1C(=O)Nc1ccc2ncc([N+](=O)[O-])n2c1. The Morgan fingerprint density at radius 2 is 1.92 bits per heavy atom. The first-order valence-electron chi connectivity index (χ1n) is 11.1. The second kappa shape index (κ2) is 8.87. The lowest BCUT2D eigenvalue weighted by Gasteiger charge is -2.19. The van der Waals surface area contributed by atoms with Gasteiger partial charge in [-0.15, -0.1) is 0 Å². The average molecular weight is 514 g/mol. The summed E-state index contributed by atoms with van der Waals surface area (Å²) in [6.45, 7) is 1.57. The fourth-order valence-electron chi connectivity index (χ4n) is 4.06. The third-order valence-electron chi connectivity index (χ3n) is 6.01. The number of rotatable bonds is 6. The van der Waals surface area contributed by atoms with Crippen molar-refractivity contribution in [1.82, 2.24) is 9.38 Å². The highest BCUT2D eigenvalue weighted by atomic mass is 19.4. The molecule has 0 atom stereocenters. The Kier molecular flexibility index (Phi) is 5.81. The summed E-state index contributed by atoms with van der Waals surface area (Å²) in [6, 6.07) is 8.46. The topological polar surface area (TPSA) is 98.8 Å². The molecule has 0 saturated heterocycles. The summed E-state index contributed by atoms with van der Waals surface area (Å²) in [4.78, 5) is 27.7. The van der Waals surface area contributed by atoms with Crippen LogP contribution in [-0.4, -0.2) is 20.2 Å². The Hall–Kier alpha value is -4.48. The van der Waals surface area contributed by atoms with Crippen molar-refractivity contribution in [3.05, 3.63) is 93.0 Å². The first kappa shape index (κ1) is 24.2. The number of hydrogen-bond donors (Lipinski definition) is 1. The van der Waals surface area contributed by atoms with Crippen LogP contribution in [0.2, 0.25) is 0 Å². The molecule has 190 valence electrons. The second-order valence-electron chi connectivity index (χ2n) is 8.69. The van der Waals surface area contributed by atoms with Gasteiger partial charge in [-0.1, -0.05) is 0 Å². The maximum atomic E-state index is 13.9. The molecule has 2 aromatic heterocycles. The number of ether oxygens (including phenoxy) is 1. The lowest BCUT2D eigenvalue weighted by Crippen LogP contribution is -2.17. The van der Waals surface area contributed by atoms with E-state index in [4.69, 9.17) is 4.74 Å². The second-order valence-corrected chi connectivity index (χ2v) is 8.69. The summed E-state index contributed by atoms with van der Waals surface area (Å²) in [5, 5.41) is 13.7. The molecule has 12 heteroatoms. The van der Waals surface area contributed by atoms with Gasteiger partial charge in [0.15, 0.2) is 0 Å². The van der Waals surface area contributed by atoms with Gasteiger partial charge < -0.3 is 20.2 Å². The number of carbonyl (C=O) groups excluding carboxylic acids is 1. The lowest BCUT2D eigenvalue weighted by atomic mass is 9.98. The van der Waals surface area contributed by atoms with E-state index in [2.05, 4.69) is 10.3 Å². The number of pyridine rings is 1. The number of hydrogen-bond acceptors (Lipinski definition) is 5. The maximum absolute atomic E-state index is 13.9. The first-order chi connectivity index (χ1) is 17.5. The number of imidazole rings is 1. The molecule has 0 aliphatic heterocycles. The molecule has 1 aliphatic rings. The number of halogens is 4. The zero-order chi connectivity index (χ0) is 26.5. The molecule has 1 N–H and O–H groups in total. The molecule has 8 nitrogen and oxygen atoms in total. The van der Waals surface area contributed by atoms with Gasteiger partial charge in [0.2, 0.25) is 5.65 Å². The molecule has 1 fully saturated rings. The van der Waals surface area contributed by atoms with E-state index in [-0.39, 0.29) is 40.1 Å². The van der Waals surface area contributed by atoms with Crippen molar-refractivity contribution in [2.75, 3.05) is 5.32 Å². The van der Waals surface area contributed by atoms with Crippen molar-refractivity contribution in [3.63, 3.8) is 0 Å². The van der Waals surface area contributed by atoms with Crippen molar-refractivity contribution in [2.24, 2.45) is 0 Å². The van der Waals surface area contributed by atoms with Crippen LogP contribution < -0.4 is 10.1 Å². The van der Waals surface area contributed by atoms with E-state index < -0.39 is 34.0 Å². The minimum absolute atomic E-state index is 0.0225. The number of anilines is 1. The average Bonchev–Trinajstić information content (AvgIpc) is 3.58. The van der Waals surface area contributed by atoms with E-state index in [9.17, 15) is 32.5 Å². The van der Waals surface area contributed by atoms with Crippen molar-refractivity contribution < 1.29 is 32.0 Å². The maximum Gasteiger partial charge on any atom is 0.416 e. The zero-order valence-corrected chi connectivity index (χ0v) is 19.2. The molecule has 1 aliphatic carbocycles. The van der Waals surface area contributed by atoms with Crippen LogP contribution in [0.15, 0.2) is 54.9 Å². The molecule has 2 heterocycles. The smallest absolute Gasteiger partial charge is 0.416 e. The summed E-state index contributed by atoms with van der Waals surface area (Å²) in [5.41, 5.74) is -0.605. The summed E-state index contributed by atoms with van der Waals surface area (Å²) in [6.07, 6.45) is -1.27. The number of aromatic nitrogens is 2. The Bertz CT molecular complexity index is 1560. The van der Waals surface area contributed by atoms with E-state index in [1.807, 2.05) is 0 Å². The van der Waals surface area contributed by atoms with Crippen molar-refractivity contribution in [1.29, 1.82) is 0 Å². The number of carbonyl (C=O) groups is 1. The minimum Gasteiger partial charge on any atom is -0.456 e. The van der Waals surface area contributed by atoms with Gasteiger partial charge in [0.1, 0.15) is 29.7 Å². The van der Waals surface area contributed by atoms with Gasteiger partial charge >= 0.3 is 12.0 Å². The lowest BCUT2D eigenvalue weighted by molar-refractivity contribution is -0.390. The predicted molar refractivity (Wildman–Crippen MR) is 124 cm³/mol. The highest BCUT2D eigenvalue weighted by molar-refractivity contribution is 6.06. The monoisotopic (exact) mass is 514 g/mol. The largest absolute Gasteiger partial charge is 0.456 e. The van der Waals surface area contributed by atoms with Gasteiger partial charge in [-0.3, -0.25) is 4.79 Å². The number of aryl methyl sites for hydroxylation is 1. The van der Waals surface area contributed by atoms with Gasteiger partial charge in [0, 0.05) is 6.07 Å². The van der Waals surface area contributed by atoms with Gasteiger partial charge in [-0.25, -0.2) is 9.37 Å². The van der Waals surface area contributed by atoms with Crippen molar-refractivity contribution in [3.8, 4) is 11.5 Å². The molecule has 1 amide bonds. The van der Waals surface area contributed by atoms with Crippen LogP contribution in [0.4, 0.5) is 29.1 Å². The molecule has 0 unspecified atom stereocenters. The van der Waals surface area contributed by atoms with Crippen LogP contribution in [0.5, 0.6) is 11.5 Å². The van der Waals surface area contributed by atoms with E-state index in [0.717, 1.165) is 22.7 Å². The highest BCUT2D eigenvalue weighted by Crippen LogP contribution is 2.48. The molecule has 4 aromatic rings. The molecule has 2 aromatic carbocycles. The zero-order valence-electron chi connectivity index (χ0n) is 19.2. The Balaban J connectivity index is 1.58. The standard InChI is InChI=1S/C25H18F4N4O4/c1-13-8-15(26)4-6-20(13)37-21-10-17(14-2-3-14)19(25(27,28)29)9-18(21)24(34)31-16-5-7-22-30-11-23(33(35)36)32(22)12-16/h4-12,14H,2-3H2,1H3,(H,31,34). The van der Waals surface area contributed by atoms with Gasteiger partial charge in [-0.05, 0) is 78.1 Å². The Morgan fingerprint density at radius 1 is 1.16 bits per heavy atom. The summed E-state index contributed by atoms with van der Waals surface area (Å²) < 4.78 is 62.4. The molecule has 0 bridgehead atoms. The fourth-order valence-corrected chi connectivity index (χ4v) is 4.06. The highest BCUT2D eigenvalue weighted by Gasteiger charge is 2.40. The number of nitrogens with zero attached hydrogens (tertiary/aromatic N) is 3. The molecule has 5 rings (SSSR count). The van der Waals surface area contributed by atoms with Crippen LogP contribution in [0.25, 0.3) is 5.65 Å². The minimum atomic E-state index is -4.71. The van der Waals surface area contributed by atoms with Crippen LogP contribution in [-0.2, 0) is 6.18 Å². The normalized spacial score (nSPS) is 13.5. The van der Waals surface area contributed by atoms with E-state index in [0.29, 0.717) is 18.4 Å². The Labute approximate surface area is 206 Å². The molecule has 0 spiro atoms. The predicted octanol–water partition coefficient (Wildman–Crippen LogP) is 6.63. The quantitative estimate of drug-likeness (QED) is 0.177. The summed E-state index contributed by atoms with van der Waals surface area (Å²) in [7, 11) is 0. The van der Waals surface area contributed by atoms with Crippen LogP contribution in [0.1, 0.15) is 45.8 Å². The number of amides is 1. The third kappa shape index (κ3) is 4.82. The molecule has 0 radical (unpaired) electrons. The first-order valence-corrected chi connectivity index (χ1v) is 11.1.